The van der Waals surface area contributed by atoms with Gasteiger partial charge in [-0.3, -0.25) is 14.6 Å². The summed E-state index contributed by atoms with van der Waals surface area (Å²) in [6.45, 7) is 1.34. The van der Waals surface area contributed by atoms with Gasteiger partial charge in [-0.05, 0) is 23.3 Å². The summed E-state index contributed by atoms with van der Waals surface area (Å²) >= 11 is 0. The van der Waals surface area contributed by atoms with Crippen LogP contribution < -0.4 is 5.32 Å². The molecule has 6 heteroatoms. The average Bonchev–Trinajstić information content (AvgIpc) is 2.84. The molecule has 0 unspecified atom stereocenters. The van der Waals surface area contributed by atoms with E-state index < -0.39 is 5.60 Å². The molecule has 2 aromatic carbocycles. The van der Waals surface area contributed by atoms with Crippen molar-refractivity contribution in [1.29, 1.82) is 0 Å². The van der Waals surface area contributed by atoms with Crippen molar-refractivity contribution >= 4 is 11.8 Å². The van der Waals surface area contributed by atoms with Gasteiger partial charge < -0.3 is 15.0 Å². The van der Waals surface area contributed by atoms with Crippen molar-refractivity contribution in [2.24, 2.45) is 0 Å². The lowest BCUT2D eigenvalue weighted by Crippen LogP contribution is -2.62. The summed E-state index contributed by atoms with van der Waals surface area (Å²) in [6.07, 6.45) is 2.29. The lowest BCUT2D eigenvalue weighted by molar-refractivity contribution is -0.166. The molecule has 1 fully saturated rings. The predicted octanol–water partition coefficient (Wildman–Crippen LogP) is 2.78. The Labute approximate surface area is 188 Å². The molecule has 1 aliphatic rings. The zero-order chi connectivity index (χ0) is 22.2. The summed E-state index contributed by atoms with van der Waals surface area (Å²) in [4.78, 5) is 32.6. The number of nitrogens with one attached hydrogen (secondary N) is 1. The van der Waals surface area contributed by atoms with E-state index in [9.17, 15) is 9.59 Å². The Morgan fingerprint density at radius 1 is 0.938 bits per heavy atom. The number of morpholine rings is 1. The third-order valence-corrected chi connectivity index (χ3v) is 5.64. The van der Waals surface area contributed by atoms with Gasteiger partial charge in [-0.2, -0.15) is 0 Å². The van der Waals surface area contributed by atoms with Crippen LogP contribution in [0.25, 0.3) is 0 Å². The van der Waals surface area contributed by atoms with E-state index in [1.54, 1.807) is 11.1 Å². The summed E-state index contributed by atoms with van der Waals surface area (Å²) in [6, 6.07) is 25.0. The minimum Gasteiger partial charge on any atom is -0.361 e. The van der Waals surface area contributed by atoms with Gasteiger partial charge in [-0.25, -0.2) is 0 Å². The first-order valence-corrected chi connectivity index (χ1v) is 10.8. The highest BCUT2D eigenvalue weighted by molar-refractivity contribution is 5.87. The van der Waals surface area contributed by atoms with E-state index in [1.165, 1.54) is 0 Å². The highest BCUT2D eigenvalue weighted by Gasteiger charge is 2.45. The van der Waals surface area contributed by atoms with Crippen molar-refractivity contribution in [3.63, 3.8) is 0 Å². The van der Waals surface area contributed by atoms with E-state index in [2.05, 4.69) is 10.3 Å². The van der Waals surface area contributed by atoms with Crippen LogP contribution in [-0.4, -0.2) is 47.0 Å². The van der Waals surface area contributed by atoms with E-state index in [1.807, 2.05) is 78.9 Å². The van der Waals surface area contributed by atoms with Gasteiger partial charge in [0.1, 0.15) is 0 Å². The Kier molecular flexibility index (Phi) is 6.92. The van der Waals surface area contributed by atoms with Crippen LogP contribution in [-0.2, 0) is 33.7 Å². The molecule has 0 saturated carbocycles. The lowest BCUT2D eigenvalue weighted by atomic mass is 9.93. The number of carbonyl (C=O) groups is 2. The molecule has 4 rings (SSSR count). The number of benzene rings is 2. The van der Waals surface area contributed by atoms with E-state index in [-0.39, 0.29) is 18.4 Å². The lowest BCUT2D eigenvalue weighted by Gasteiger charge is -2.41. The Hall–Kier alpha value is -3.51. The third-order valence-electron chi connectivity index (χ3n) is 5.64. The SMILES string of the molecule is O=C(Cc1ccccc1)N1CCO[C@](Cc2ccccn2)(C(=O)NCc2ccccc2)C1. The first-order chi connectivity index (χ1) is 15.6. The van der Waals surface area contributed by atoms with Crippen LogP contribution in [0.4, 0.5) is 0 Å². The molecule has 32 heavy (non-hydrogen) atoms. The normalized spacial score (nSPS) is 18.2. The minimum absolute atomic E-state index is 0.0132. The monoisotopic (exact) mass is 429 g/mol. The second kappa shape index (κ2) is 10.2. The molecule has 1 saturated heterocycles. The fraction of sp³-hybridized carbons (Fsp3) is 0.269. The quantitative estimate of drug-likeness (QED) is 0.627. The van der Waals surface area contributed by atoms with E-state index >= 15 is 0 Å². The zero-order valence-electron chi connectivity index (χ0n) is 17.9. The minimum atomic E-state index is -1.19. The van der Waals surface area contributed by atoms with Gasteiger partial charge in [0.15, 0.2) is 5.60 Å². The standard InChI is InChI=1S/C26H27N3O3/c30-24(17-21-9-3-1-4-10-21)29-15-16-32-26(20-29,18-23-13-7-8-14-27-23)25(31)28-19-22-11-5-2-6-12-22/h1-14H,15-20H2,(H,28,31)/t26-/m0/s1. The summed E-state index contributed by atoms with van der Waals surface area (Å²) in [5.74, 6) is -0.245. The molecule has 3 aromatic rings. The first kappa shape index (κ1) is 21.7. The van der Waals surface area contributed by atoms with E-state index in [0.29, 0.717) is 32.5 Å². The Bertz CT molecular complexity index is 1030. The third kappa shape index (κ3) is 5.39. The fourth-order valence-electron chi connectivity index (χ4n) is 3.94. The molecule has 6 nitrogen and oxygen atoms in total. The van der Waals surface area contributed by atoms with E-state index in [4.69, 9.17) is 4.74 Å². The summed E-state index contributed by atoms with van der Waals surface area (Å²) < 4.78 is 6.10. The van der Waals surface area contributed by atoms with Gasteiger partial charge in [0.2, 0.25) is 5.91 Å². The smallest absolute Gasteiger partial charge is 0.254 e. The number of nitrogens with zero attached hydrogens (tertiary/aromatic N) is 2. The van der Waals surface area contributed by atoms with Crippen LogP contribution >= 0.6 is 0 Å². The molecular formula is C26H27N3O3. The summed E-state index contributed by atoms with van der Waals surface area (Å²) in [7, 11) is 0. The van der Waals surface area contributed by atoms with Gasteiger partial charge >= 0.3 is 0 Å². The topological polar surface area (TPSA) is 71.5 Å². The molecule has 1 aliphatic heterocycles. The molecule has 1 N–H and O–H groups in total. The zero-order valence-corrected chi connectivity index (χ0v) is 17.9. The maximum absolute atomic E-state index is 13.4. The number of rotatable bonds is 7. The Morgan fingerprint density at radius 2 is 1.62 bits per heavy atom. The molecule has 0 spiro atoms. The van der Waals surface area contributed by atoms with Crippen LogP contribution in [0.15, 0.2) is 85.1 Å². The largest absolute Gasteiger partial charge is 0.361 e. The van der Waals surface area contributed by atoms with Crippen LogP contribution in [0.2, 0.25) is 0 Å². The van der Waals surface area contributed by atoms with Crippen molar-refractivity contribution in [3.05, 3.63) is 102 Å². The van der Waals surface area contributed by atoms with Crippen LogP contribution in [0.1, 0.15) is 16.8 Å². The maximum Gasteiger partial charge on any atom is 0.254 e. The van der Waals surface area contributed by atoms with E-state index in [0.717, 1.165) is 16.8 Å². The molecule has 0 aliphatic carbocycles. The molecule has 1 atom stereocenters. The van der Waals surface area contributed by atoms with Gasteiger partial charge in [0, 0.05) is 31.4 Å². The van der Waals surface area contributed by atoms with Crippen LogP contribution in [0.5, 0.6) is 0 Å². The molecule has 0 radical (unpaired) electrons. The first-order valence-electron chi connectivity index (χ1n) is 10.8. The van der Waals surface area contributed by atoms with Crippen molar-refractivity contribution in [2.45, 2.75) is 25.0 Å². The molecular weight excluding hydrogens is 402 g/mol. The second-order valence-corrected chi connectivity index (χ2v) is 7.99. The van der Waals surface area contributed by atoms with Gasteiger partial charge in [0.05, 0.1) is 19.6 Å². The number of amides is 2. The van der Waals surface area contributed by atoms with Gasteiger partial charge in [-0.1, -0.05) is 66.7 Å². The molecule has 2 amide bonds. The number of hydrogen-bond donors (Lipinski definition) is 1. The Balaban J connectivity index is 1.52. The number of hydrogen-bond acceptors (Lipinski definition) is 4. The van der Waals surface area contributed by atoms with Crippen LogP contribution in [0, 0.1) is 0 Å². The molecule has 0 bridgehead atoms. The summed E-state index contributed by atoms with van der Waals surface area (Å²) in [5.41, 5.74) is 1.52. The van der Waals surface area contributed by atoms with Gasteiger partial charge in [-0.15, -0.1) is 0 Å². The van der Waals surface area contributed by atoms with Crippen molar-refractivity contribution < 1.29 is 14.3 Å². The van der Waals surface area contributed by atoms with Crippen molar-refractivity contribution in [1.82, 2.24) is 15.2 Å². The second-order valence-electron chi connectivity index (χ2n) is 7.99. The number of pyridine rings is 1. The van der Waals surface area contributed by atoms with Crippen LogP contribution in [0.3, 0.4) is 0 Å². The Morgan fingerprint density at radius 3 is 2.31 bits per heavy atom. The molecule has 1 aromatic heterocycles. The van der Waals surface area contributed by atoms with Gasteiger partial charge in [0.25, 0.3) is 5.91 Å². The fourth-order valence-corrected chi connectivity index (χ4v) is 3.94. The summed E-state index contributed by atoms with van der Waals surface area (Å²) in [5, 5.41) is 3.01. The highest BCUT2D eigenvalue weighted by Crippen LogP contribution is 2.24. The molecule has 164 valence electrons. The van der Waals surface area contributed by atoms with Crippen molar-refractivity contribution in [2.75, 3.05) is 19.7 Å². The molecule has 2 heterocycles. The number of ether oxygens (including phenoxy) is 1. The number of aromatic nitrogens is 1. The number of carbonyl (C=O) groups excluding carboxylic acids is 2. The maximum atomic E-state index is 13.4. The highest BCUT2D eigenvalue weighted by atomic mass is 16.5. The van der Waals surface area contributed by atoms with Crippen molar-refractivity contribution in [3.8, 4) is 0 Å². The predicted molar refractivity (Wildman–Crippen MR) is 122 cm³/mol. The average molecular weight is 430 g/mol.